The Labute approximate surface area is 142 Å². The van der Waals surface area contributed by atoms with Crippen LogP contribution in [0, 0.1) is 0 Å². The molecule has 0 aliphatic carbocycles. The van der Waals surface area contributed by atoms with Crippen molar-refractivity contribution in [2.24, 2.45) is 0 Å². The minimum atomic E-state index is -1.06. The number of fused-ring (bicyclic) bond motifs is 1. The normalized spacial score (nSPS) is 26.7. The first-order valence-electron chi connectivity index (χ1n) is 7.59. The second-order valence-corrected chi connectivity index (χ2v) is 8.18. The molecule has 0 radical (unpaired) electrons. The van der Waals surface area contributed by atoms with Crippen LogP contribution in [-0.2, 0) is 10.8 Å². The van der Waals surface area contributed by atoms with Crippen LogP contribution in [0.25, 0.3) is 0 Å². The van der Waals surface area contributed by atoms with E-state index in [4.69, 9.17) is 0 Å². The first-order chi connectivity index (χ1) is 11.3. The van der Waals surface area contributed by atoms with Crippen LogP contribution in [-0.4, -0.2) is 13.8 Å². The van der Waals surface area contributed by atoms with E-state index in [-0.39, 0.29) is 16.4 Å². The Morgan fingerprint density at radius 1 is 0.957 bits per heavy atom. The number of rotatable bonds is 2. The number of hydrogen-bond donors (Lipinski definition) is 0. The summed E-state index contributed by atoms with van der Waals surface area (Å²) in [6.45, 7) is 2.11. The fourth-order valence-electron chi connectivity index (χ4n) is 3.28. The molecular weight excluding hydrogens is 324 g/mol. The zero-order valence-corrected chi connectivity index (χ0v) is 14.3. The minimum absolute atomic E-state index is 0.0576. The summed E-state index contributed by atoms with van der Waals surface area (Å²) >= 11 is 1.38. The lowest BCUT2D eigenvalue weighted by Crippen LogP contribution is -2.26. The summed E-state index contributed by atoms with van der Waals surface area (Å²) in [6.07, 6.45) is 0. The van der Waals surface area contributed by atoms with E-state index in [0.717, 1.165) is 21.7 Å². The molecule has 0 N–H and O–H groups in total. The van der Waals surface area contributed by atoms with Crippen molar-refractivity contribution in [3.05, 3.63) is 82.4 Å². The predicted molar refractivity (Wildman–Crippen MR) is 93.9 cm³/mol. The zero-order chi connectivity index (χ0) is 15.8. The molecule has 23 heavy (non-hydrogen) atoms. The van der Waals surface area contributed by atoms with E-state index >= 15 is 0 Å². The predicted octanol–water partition coefficient (Wildman–Crippen LogP) is 4.23. The quantitative estimate of drug-likeness (QED) is 0.701. The Morgan fingerprint density at radius 2 is 1.57 bits per heavy atom. The number of nitrogens with zero attached hydrogens (tertiary/aromatic N) is 2. The maximum Gasteiger partial charge on any atom is 0.0981 e. The maximum absolute atomic E-state index is 13.5. The van der Waals surface area contributed by atoms with E-state index in [9.17, 15) is 4.21 Å². The lowest BCUT2D eigenvalue weighted by molar-refractivity contribution is 0.620. The molecule has 4 atom stereocenters. The minimum Gasteiger partial charge on any atom is -0.258 e. The SMILES string of the molecule is C[C@H]1c2nnsc2[C@H](c2ccccc2)S(=O)[C@@H]1c1ccccc1. The van der Waals surface area contributed by atoms with Gasteiger partial charge < -0.3 is 0 Å². The van der Waals surface area contributed by atoms with Crippen LogP contribution in [0.2, 0.25) is 0 Å². The van der Waals surface area contributed by atoms with Crippen molar-refractivity contribution in [2.75, 3.05) is 0 Å². The van der Waals surface area contributed by atoms with Crippen LogP contribution in [0.3, 0.4) is 0 Å². The number of benzene rings is 2. The topological polar surface area (TPSA) is 42.9 Å². The van der Waals surface area contributed by atoms with E-state index in [2.05, 4.69) is 28.6 Å². The van der Waals surface area contributed by atoms with Gasteiger partial charge in [0, 0.05) is 16.7 Å². The first-order valence-corrected chi connectivity index (χ1v) is 9.63. The molecule has 3 nitrogen and oxygen atoms in total. The Kier molecular flexibility index (Phi) is 3.83. The molecule has 2 heterocycles. The molecule has 1 aliphatic heterocycles. The molecule has 2 aromatic carbocycles. The molecule has 0 saturated heterocycles. The lowest BCUT2D eigenvalue weighted by Gasteiger charge is -2.32. The van der Waals surface area contributed by atoms with Gasteiger partial charge in [-0.05, 0) is 22.7 Å². The Morgan fingerprint density at radius 3 is 2.22 bits per heavy atom. The van der Waals surface area contributed by atoms with Gasteiger partial charge >= 0.3 is 0 Å². The summed E-state index contributed by atoms with van der Waals surface area (Å²) < 4.78 is 17.6. The Balaban J connectivity index is 1.88. The highest BCUT2D eigenvalue weighted by Crippen LogP contribution is 2.50. The van der Waals surface area contributed by atoms with Gasteiger partial charge in [0.05, 0.1) is 21.1 Å². The van der Waals surface area contributed by atoms with E-state index < -0.39 is 10.8 Å². The lowest BCUT2D eigenvalue weighted by atomic mass is 9.94. The van der Waals surface area contributed by atoms with Crippen molar-refractivity contribution in [1.29, 1.82) is 0 Å². The molecule has 0 bridgehead atoms. The molecule has 0 spiro atoms. The van der Waals surface area contributed by atoms with Crippen molar-refractivity contribution in [3.63, 3.8) is 0 Å². The van der Waals surface area contributed by atoms with Crippen molar-refractivity contribution in [3.8, 4) is 0 Å². The summed E-state index contributed by atoms with van der Waals surface area (Å²) in [5.74, 6) is 0.104. The fourth-order valence-corrected chi connectivity index (χ4v) is 6.47. The van der Waals surface area contributed by atoms with Crippen LogP contribution in [0.1, 0.15) is 45.0 Å². The summed E-state index contributed by atoms with van der Waals surface area (Å²) in [6, 6.07) is 20.2. The summed E-state index contributed by atoms with van der Waals surface area (Å²) in [5.41, 5.74) is 3.18. The average Bonchev–Trinajstić information content (AvgIpc) is 3.07. The van der Waals surface area contributed by atoms with E-state index in [1.54, 1.807) is 0 Å². The second kappa shape index (κ2) is 5.98. The maximum atomic E-state index is 13.5. The van der Waals surface area contributed by atoms with Gasteiger partial charge in [-0.1, -0.05) is 72.1 Å². The zero-order valence-electron chi connectivity index (χ0n) is 12.6. The molecule has 1 unspecified atom stereocenters. The smallest absolute Gasteiger partial charge is 0.0981 e. The van der Waals surface area contributed by atoms with Crippen molar-refractivity contribution in [2.45, 2.75) is 23.3 Å². The molecule has 0 amide bonds. The van der Waals surface area contributed by atoms with Gasteiger partial charge in [-0.2, -0.15) is 0 Å². The van der Waals surface area contributed by atoms with Crippen LogP contribution in [0.15, 0.2) is 60.7 Å². The summed E-state index contributed by atoms with van der Waals surface area (Å²) in [7, 11) is -1.06. The Bertz CT molecular complexity index is 832. The monoisotopic (exact) mass is 340 g/mol. The van der Waals surface area contributed by atoms with Crippen LogP contribution < -0.4 is 0 Å². The molecule has 0 fully saturated rings. The van der Waals surface area contributed by atoms with Gasteiger partial charge in [0.2, 0.25) is 0 Å². The van der Waals surface area contributed by atoms with Crippen molar-refractivity contribution in [1.82, 2.24) is 9.59 Å². The molecule has 5 heteroatoms. The van der Waals surface area contributed by atoms with Crippen LogP contribution in [0.5, 0.6) is 0 Å². The van der Waals surface area contributed by atoms with Crippen LogP contribution >= 0.6 is 11.5 Å². The van der Waals surface area contributed by atoms with E-state index in [1.165, 1.54) is 11.5 Å². The molecule has 3 aromatic rings. The highest BCUT2D eigenvalue weighted by Gasteiger charge is 2.42. The van der Waals surface area contributed by atoms with Gasteiger partial charge in [0.25, 0.3) is 0 Å². The van der Waals surface area contributed by atoms with Crippen molar-refractivity contribution < 1.29 is 4.21 Å². The first kappa shape index (κ1) is 14.7. The molecule has 4 rings (SSSR count). The third-order valence-corrected chi connectivity index (χ3v) is 7.48. The average molecular weight is 340 g/mol. The number of aromatic nitrogens is 2. The molecular formula is C18H16N2OS2. The second-order valence-electron chi connectivity index (χ2n) is 5.76. The van der Waals surface area contributed by atoms with Gasteiger partial charge in [-0.25, -0.2) is 0 Å². The third-order valence-electron chi connectivity index (χ3n) is 4.38. The highest BCUT2D eigenvalue weighted by molar-refractivity contribution is 7.86. The summed E-state index contributed by atoms with van der Waals surface area (Å²) in [5, 5.41) is 4.15. The summed E-state index contributed by atoms with van der Waals surface area (Å²) in [4.78, 5) is 1.05. The standard InChI is InChI=1S/C18H16N2OS2/c1-12-15-16(22-20-19-15)18(14-10-6-3-7-11-14)23(21)17(12)13-8-4-2-5-9-13/h2-12,17-18H,1H3/t12-,17-,18-,23?/m0/s1. The number of hydrogen-bond acceptors (Lipinski definition) is 4. The Hall–Kier alpha value is -1.85. The molecule has 116 valence electrons. The van der Waals surface area contributed by atoms with E-state index in [1.807, 2.05) is 48.5 Å². The molecule has 1 aliphatic rings. The highest BCUT2D eigenvalue weighted by atomic mass is 32.2. The van der Waals surface area contributed by atoms with Gasteiger partial charge in [0.15, 0.2) is 0 Å². The van der Waals surface area contributed by atoms with Gasteiger partial charge in [0.1, 0.15) is 0 Å². The van der Waals surface area contributed by atoms with Crippen LogP contribution in [0.4, 0.5) is 0 Å². The van der Waals surface area contributed by atoms with E-state index in [0.29, 0.717) is 0 Å². The molecule has 0 saturated carbocycles. The third kappa shape index (κ3) is 2.44. The fraction of sp³-hybridized carbons (Fsp3) is 0.222. The van der Waals surface area contributed by atoms with Gasteiger partial charge in [-0.15, -0.1) is 5.10 Å². The van der Waals surface area contributed by atoms with Gasteiger partial charge in [-0.3, -0.25) is 4.21 Å². The van der Waals surface area contributed by atoms with Crippen molar-refractivity contribution >= 4 is 22.3 Å². The largest absolute Gasteiger partial charge is 0.258 e. The molecule has 1 aromatic heterocycles.